The first kappa shape index (κ1) is 29.9. The highest BCUT2D eigenvalue weighted by molar-refractivity contribution is 5.73. The highest BCUT2D eigenvalue weighted by Crippen LogP contribution is 2.53. The zero-order chi connectivity index (χ0) is 26.9. The number of carbonyl (C=O) groups is 1. The van der Waals surface area contributed by atoms with Gasteiger partial charge in [0.25, 0.3) is 0 Å². The first-order chi connectivity index (χ1) is 19.2. The topological polar surface area (TPSA) is 46.5 Å². The molecule has 0 bridgehead atoms. The predicted molar refractivity (Wildman–Crippen MR) is 160 cm³/mol. The third kappa shape index (κ3) is 7.45. The summed E-state index contributed by atoms with van der Waals surface area (Å²) in [5, 5.41) is 12.4. The molecule has 5 saturated carbocycles. The van der Waals surface area contributed by atoms with E-state index in [1.165, 1.54) is 161 Å². The quantitative estimate of drug-likeness (QED) is 0.279. The number of esters is 1. The van der Waals surface area contributed by atoms with Gasteiger partial charge in [-0.15, -0.1) is 0 Å². The van der Waals surface area contributed by atoms with E-state index in [9.17, 15) is 9.90 Å². The van der Waals surface area contributed by atoms with E-state index in [4.69, 9.17) is 4.74 Å². The Balaban J connectivity index is 1.39. The molecular weight excluding hydrogens is 480 g/mol. The fourth-order valence-corrected chi connectivity index (χ4v) is 10.5. The number of aliphatic hydroxyl groups excluding tert-OH is 1. The molecule has 0 aromatic carbocycles. The molecule has 0 heterocycles. The minimum Gasteiger partial charge on any atom is -0.465 e. The van der Waals surface area contributed by atoms with Crippen molar-refractivity contribution < 1.29 is 14.6 Å². The van der Waals surface area contributed by atoms with Crippen molar-refractivity contribution in [2.75, 3.05) is 6.61 Å². The Bertz CT molecular complexity index is 667. The van der Waals surface area contributed by atoms with Gasteiger partial charge < -0.3 is 9.84 Å². The van der Waals surface area contributed by atoms with Crippen molar-refractivity contribution in [2.24, 2.45) is 40.9 Å². The summed E-state index contributed by atoms with van der Waals surface area (Å²) < 4.78 is 6.69. The Morgan fingerprint density at radius 3 is 1.41 bits per heavy atom. The third-order valence-electron chi connectivity index (χ3n) is 12.7. The lowest BCUT2D eigenvalue weighted by atomic mass is 9.55. The highest BCUT2D eigenvalue weighted by atomic mass is 16.5. The Kier molecular flexibility index (Phi) is 11.5. The number of aliphatic hydroxyl groups is 1. The van der Waals surface area contributed by atoms with Crippen LogP contribution in [0.5, 0.6) is 0 Å². The van der Waals surface area contributed by atoms with E-state index >= 15 is 0 Å². The Labute approximate surface area is 241 Å². The van der Waals surface area contributed by atoms with Crippen molar-refractivity contribution in [3.63, 3.8) is 0 Å². The summed E-state index contributed by atoms with van der Waals surface area (Å²) in [7, 11) is 0. The van der Waals surface area contributed by atoms with Crippen LogP contribution in [-0.2, 0) is 9.53 Å². The maximum absolute atomic E-state index is 14.3. The second-order valence-corrected chi connectivity index (χ2v) is 15.0. The van der Waals surface area contributed by atoms with Crippen LogP contribution < -0.4 is 0 Å². The number of hydrogen-bond donors (Lipinski definition) is 1. The second-order valence-electron chi connectivity index (χ2n) is 15.0. The molecule has 1 N–H and O–H groups in total. The van der Waals surface area contributed by atoms with Gasteiger partial charge >= 0.3 is 5.97 Å². The maximum Gasteiger partial charge on any atom is 0.309 e. The van der Waals surface area contributed by atoms with Gasteiger partial charge in [0.1, 0.15) is 0 Å². The monoisotopic (exact) mass is 542 g/mol. The van der Waals surface area contributed by atoms with Crippen LogP contribution in [0.25, 0.3) is 0 Å². The van der Waals surface area contributed by atoms with Gasteiger partial charge in [-0.25, -0.2) is 0 Å². The Morgan fingerprint density at radius 2 is 0.974 bits per heavy atom. The van der Waals surface area contributed by atoms with Gasteiger partial charge in [-0.2, -0.15) is 0 Å². The molecule has 0 amide bonds. The van der Waals surface area contributed by atoms with Gasteiger partial charge in [0.15, 0.2) is 0 Å². The molecule has 5 fully saturated rings. The van der Waals surface area contributed by atoms with Gasteiger partial charge in [-0.3, -0.25) is 4.79 Å². The zero-order valence-electron chi connectivity index (χ0n) is 25.4. The molecule has 39 heavy (non-hydrogen) atoms. The number of hydrogen-bond acceptors (Lipinski definition) is 3. The largest absolute Gasteiger partial charge is 0.465 e. The van der Waals surface area contributed by atoms with Crippen molar-refractivity contribution in [2.45, 2.75) is 173 Å². The van der Waals surface area contributed by atoms with Crippen LogP contribution in [-0.4, -0.2) is 23.8 Å². The molecule has 0 aromatic rings. The lowest BCUT2D eigenvalue weighted by molar-refractivity contribution is -0.175. The minimum atomic E-state index is -0.317. The van der Waals surface area contributed by atoms with E-state index < -0.39 is 0 Å². The van der Waals surface area contributed by atoms with Gasteiger partial charge in [0.05, 0.1) is 18.6 Å². The van der Waals surface area contributed by atoms with Crippen LogP contribution >= 0.6 is 0 Å². The Morgan fingerprint density at radius 1 is 0.590 bits per heavy atom. The molecule has 5 rings (SSSR count). The average Bonchev–Trinajstić information content (AvgIpc) is 3.00. The molecule has 1 atom stereocenters. The lowest BCUT2D eigenvalue weighted by Crippen LogP contribution is -2.53. The van der Waals surface area contributed by atoms with Gasteiger partial charge in [0.2, 0.25) is 0 Å². The molecule has 3 heteroatoms. The van der Waals surface area contributed by atoms with E-state index in [-0.39, 0.29) is 23.4 Å². The summed E-state index contributed by atoms with van der Waals surface area (Å²) in [5.41, 5.74) is -0.225. The number of ether oxygens (including phenoxy) is 1. The van der Waals surface area contributed by atoms with Crippen LogP contribution in [0.1, 0.15) is 167 Å². The molecule has 0 saturated heterocycles. The van der Waals surface area contributed by atoms with Crippen molar-refractivity contribution in [1.82, 2.24) is 0 Å². The summed E-state index contributed by atoms with van der Waals surface area (Å²) in [6.45, 7) is 0.505. The van der Waals surface area contributed by atoms with E-state index in [0.29, 0.717) is 36.2 Å². The molecule has 0 spiro atoms. The fourth-order valence-electron chi connectivity index (χ4n) is 10.5. The van der Waals surface area contributed by atoms with Crippen molar-refractivity contribution in [1.29, 1.82) is 0 Å². The normalized spacial score (nSPS) is 27.0. The van der Waals surface area contributed by atoms with E-state index in [1.54, 1.807) is 0 Å². The predicted octanol–water partition coefficient (Wildman–Crippen LogP) is 9.78. The third-order valence-corrected chi connectivity index (χ3v) is 12.7. The van der Waals surface area contributed by atoms with Gasteiger partial charge in [-0.05, 0) is 87.4 Å². The first-order valence-electron chi connectivity index (χ1n) is 18.0. The van der Waals surface area contributed by atoms with Crippen molar-refractivity contribution in [3.05, 3.63) is 0 Å². The zero-order valence-corrected chi connectivity index (χ0v) is 25.4. The van der Waals surface area contributed by atoms with Crippen LogP contribution in [0.4, 0.5) is 0 Å². The molecule has 3 nitrogen and oxygen atoms in total. The summed E-state index contributed by atoms with van der Waals surface area (Å²) >= 11 is 0. The first-order valence-corrected chi connectivity index (χ1v) is 18.0. The standard InChI is InChI=1S/C36H62O3/c37-33(26-28-16-6-1-7-17-28)36(31-22-12-4-13-23-31,32-24-14-5-15-25-32)27-39-35(38)34(29-18-8-2-9-19-29)30-20-10-3-11-21-30/h28-34,37H,1-27H2. The van der Waals surface area contributed by atoms with Crippen molar-refractivity contribution >= 4 is 5.97 Å². The summed E-state index contributed by atoms with van der Waals surface area (Å²) in [6.07, 6.45) is 32.6. The number of rotatable bonds is 10. The SMILES string of the molecule is O=C(OCC(C(O)CC1CCCCC1)(C1CCCCC1)C1CCCCC1)C(C1CCCCC1)C1CCCCC1. The number of carbonyl (C=O) groups excluding carboxylic acids is 1. The van der Waals surface area contributed by atoms with Crippen LogP contribution in [0.3, 0.4) is 0 Å². The van der Waals surface area contributed by atoms with E-state index in [0.717, 1.165) is 6.42 Å². The smallest absolute Gasteiger partial charge is 0.309 e. The molecule has 5 aliphatic rings. The van der Waals surface area contributed by atoms with Crippen molar-refractivity contribution in [3.8, 4) is 0 Å². The lowest BCUT2D eigenvalue weighted by Gasteiger charge is -2.52. The molecule has 224 valence electrons. The van der Waals surface area contributed by atoms with E-state index in [2.05, 4.69) is 0 Å². The Hall–Kier alpha value is -0.570. The van der Waals surface area contributed by atoms with Gasteiger partial charge in [-0.1, -0.05) is 109 Å². The fraction of sp³-hybridized carbons (Fsp3) is 0.972. The summed E-state index contributed by atoms with van der Waals surface area (Å²) in [4.78, 5) is 14.3. The maximum atomic E-state index is 14.3. The molecule has 0 radical (unpaired) electrons. The molecule has 5 aliphatic carbocycles. The molecule has 1 unspecified atom stereocenters. The van der Waals surface area contributed by atoms with Crippen LogP contribution in [0.2, 0.25) is 0 Å². The van der Waals surface area contributed by atoms with Crippen LogP contribution in [0.15, 0.2) is 0 Å². The minimum absolute atomic E-state index is 0.108. The molecule has 0 aliphatic heterocycles. The molecule has 0 aromatic heterocycles. The summed E-state index contributed by atoms with van der Waals surface area (Å²) in [6, 6.07) is 0. The average molecular weight is 543 g/mol. The molecular formula is C36H62O3. The van der Waals surface area contributed by atoms with E-state index in [1.807, 2.05) is 0 Å². The second kappa shape index (κ2) is 15.1. The van der Waals surface area contributed by atoms with Crippen LogP contribution in [0, 0.1) is 40.9 Å². The van der Waals surface area contributed by atoms with Gasteiger partial charge in [0, 0.05) is 5.41 Å². The highest BCUT2D eigenvalue weighted by Gasteiger charge is 2.52. The summed E-state index contributed by atoms with van der Waals surface area (Å²) in [5.74, 6) is 2.99.